The highest BCUT2D eigenvalue weighted by atomic mass is 16.3. The van der Waals surface area contributed by atoms with E-state index in [9.17, 15) is 9.90 Å². The van der Waals surface area contributed by atoms with Crippen LogP contribution in [0.4, 0.5) is 0 Å². The van der Waals surface area contributed by atoms with Gasteiger partial charge in [0.1, 0.15) is 6.10 Å². The summed E-state index contributed by atoms with van der Waals surface area (Å²) in [7, 11) is 0. The van der Waals surface area contributed by atoms with Crippen molar-refractivity contribution < 1.29 is 9.90 Å². The first-order chi connectivity index (χ1) is 8.10. The van der Waals surface area contributed by atoms with Gasteiger partial charge in [-0.1, -0.05) is 38.5 Å². The van der Waals surface area contributed by atoms with E-state index in [-0.39, 0.29) is 17.1 Å². The van der Waals surface area contributed by atoms with Gasteiger partial charge in [-0.05, 0) is 36.7 Å². The normalized spacial score (nSPS) is 28.6. The van der Waals surface area contributed by atoms with Crippen LogP contribution in [0.5, 0.6) is 0 Å². The molecule has 2 unspecified atom stereocenters. The van der Waals surface area contributed by atoms with Crippen molar-refractivity contribution in [2.45, 2.75) is 51.6 Å². The number of Topliss-reactive ketones (excluding diaryl/α,β-unsaturated/α-hetero) is 1. The van der Waals surface area contributed by atoms with E-state index >= 15 is 0 Å². The van der Waals surface area contributed by atoms with Gasteiger partial charge in [-0.25, -0.2) is 0 Å². The van der Waals surface area contributed by atoms with Gasteiger partial charge in [0.25, 0.3) is 0 Å². The summed E-state index contributed by atoms with van der Waals surface area (Å²) < 4.78 is 0. The Morgan fingerprint density at radius 1 is 1.59 bits per heavy atom. The number of hydrogen-bond acceptors (Lipinski definition) is 2. The van der Waals surface area contributed by atoms with Crippen molar-refractivity contribution in [3.05, 3.63) is 24.3 Å². The minimum Gasteiger partial charge on any atom is -0.385 e. The fraction of sp³-hybridized carbons (Fsp3) is 0.667. The van der Waals surface area contributed by atoms with Crippen molar-refractivity contribution in [3.8, 4) is 0 Å². The molecule has 2 nitrogen and oxygen atoms in total. The molecule has 94 valence electrons. The maximum atomic E-state index is 12.4. The molecule has 1 spiro atoms. The van der Waals surface area contributed by atoms with E-state index in [2.05, 4.69) is 12.7 Å². The summed E-state index contributed by atoms with van der Waals surface area (Å²) in [5, 5.41) is 9.83. The fourth-order valence-corrected chi connectivity index (χ4v) is 3.50. The van der Waals surface area contributed by atoms with Crippen LogP contribution in [0.25, 0.3) is 0 Å². The fourth-order valence-electron chi connectivity index (χ4n) is 3.50. The quantitative estimate of drug-likeness (QED) is 0.815. The van der Waals surface area contributed by atoms with E-state index in [1.807, 2.05) is 13.0 Å². The SMILES string of the molecule is C=C1C=CCC2(CCCC2)C1C(=O)C(O)CC. The second-order valence-electron chi connectivity index (χ2n) is 5.51. The van der Waals surface area contributed by atoms with Gasteiger partial charge in [-0.2, -0.15) is 0 Å². The maximum Gasteiger partial charge on any atom is 0.169 e. The number of allylic oxidation sites excluding steroid dienone is 3. The Hall–Kier alpha value is -0.890. The van der Waals surface area contributed by atoms with Crippen molar-refractivity contribution in [3.63, 3.8) is 0 Å². The predicted molar refractivity (Wildman–Crippen MR) is 68.6 cm³/mol. The van der Waals surface area contributed by atoms with E-state index in [0.29, 0.717) is 6.42 Å². The van der Waals surface area contributed by atoms with E-state index in [4.69, 9.17) is 0 Å². The number of hydrogen-bond donors (Lipinski definition) is 1. The van der Waals surface area contributed by atoms with Gasteiger partial charge in [-0.3, -0.25) is 4.79 Å². The molecule has 1 N–H and O–H groups in total. The third kappa shape index (κ3) is 2.11. The number of carbonyl (C=O) groups is 1. The van der Waals surface area contributed by atoms with Gasteiger partial charge in [0, 0.05) is 0 Å². The number of rotatable bonds is 3. The second kappa shape index (κ2) is 4.77. The van der Waals surface area contributed by atoms with Crippen molar-refractivity contribution in [1.82, 2.24) is 0 Å². The van der Waals surface area contributed by atoms with E-state index in [1.165, 1.54) is 12.8 Å². The zero-order valence-electron chi connectivity index (χ0n) is 10.6. The smallest absolute Gasteiger partial charge is 0.169 e. The summed E-state index contributed by atoms with van der Waals surface area (Å²) in [6.07, 6.45) is 9.37. The summed E-state index contributed by atoms with van der Waals surface area (Å²) in [6.45, 7) is 5.89. The van der Waals surface area contributed by atoms with Crippen LogP contribution < -0.4 is 0 Å². The molecule has 2 heteroatoms. The van der Waals surface area contributed by atoms with E-state index in [0.717, 1.165) is 24.8 Å². The van der Waals surface area contributed by atoms with Gasteiger partial charge < -0.3 is 5.11 Å². The molecule has 2 aliphatic carbocycles. The van der Waals surface area contributed by atoms with Crippen LogP contribution in [0.1, 0.15) is 45.4 Å². The van der Waals surface area contributed by atoms with Crippen LogP contribution in [-0.2, 0) is 4.79 Å². The lowest BCUT2D eigenvalue weighted by Crippen LogP contribution is -2.41. The van der Waals surface area contributed by atoms with Gasteiger partial charge in [-0.15, -0.1) is 0 Å². The summed E-state index contributed by atoms with van der Waals surface area (Å²) >= 11 is 0. The predicted octanol–water partition coefficient (Wildman–Crippen LogP) is 3.02. The van der Waals surface area contributed by atoms with Crippen LogP contribution in [0.3, 0.4) is 0 Å². The molecule has 0 aromatic rings. The first-order valence-electron chi connectivity index (χ1n) is 6.68. The molecule has 0 amide bonds. The second-order valence-corrected chi connectivity index (χ2v) is 5.51. The number of aliphatic hydroxyl groups is 1. The molecule has 0 heterocycles. The highest BCUT2D eigenvalue weighted by molar-refractivity contribution is 5.89. The van der Waals surface area contributed by atoms with Crippen molar-refractivity contribution in [2.75, 3.05) is 0 Å². The molecule has 1 fully saturated rings. The number of carbonyl (C=O) groups excluding carboxylic acids is 1. The first-order valence-corrected chi connectivity index (χ1v) is 6.68. The average molecular weight is 234 g/mol. The Kier molecular flexibility index (Phi) is 3.53. The minimum absolute atomic E-state index is 0.0104. The van der Waals surface area contributed by atoms with Gasteiger partial charge in [0.2, 0.25) is 0 Å². The van der Waals surface area contributed by atoms with Crippen molar-refractivity contribution >= 4 is 5.78 Å². The van der Waals surface area contributed by atoms with Crippen molar-refractivity contribution in [1.29, 1.82) is 0 Å². The lowest BCUT2D eigenvalue weighted by Gasteiger charge is -2.40. The third-order valence-corrected chi connectivity index (χ3v) is 4.44. The Labute approximate surface area is 103 Å². The highest BCUT2D eigenvalue weighted by Crippen LogP contribution is 2.52. The van der Waals surface area contributed by atoms with E-state index < -0.39 is 6.10 Å². The zero-order valence-corrected chi connectivity index (χ0v) is 10.6. The molecule has 0 aromatic heterocycles. The van der Waals surface area contributed by atoms with Gasteiger partial charge in [0.05, 0.1) is 5.92 Å². The summed E-state index contributed by atoms with van der Waals surface area (Å²) in [5.41, 5.74) is 0.967. The molecule has 2 atom stereocenters. The van der Waals surface area contributed by atoms with Crippen LogP contribution in [-0.4, -0.2) is 17.0 Å². The van der Waals surface area contributed by atoms with Crippen LogP contribution >= 0.6 is 0 Å². The molecule has 2 aliphatic rings. The molecule has 17 heavy (non-hydrogen) atoms. The molecule has 2 rings (SSSR count). The number of ketones is 1. The lowest BCUT2D eigenvalue weighted by molar-refractivity contribution is -0.134. The highest BCUT2D eigenvalue weighted by Gasteiger charge is 2.47. The summed E-state index contributed by atoms with van der Waals surface area (Å²) in [4.78, 5) is 12.4. The standard InChI is InChI=1S/C15H22O2/c1-3-12(16)14(17)13-11(2)7-6-10-15(13)8-4-5-9-15/h6-7,12-13,16H,2-5,8-10H2,1H3. The van der Waals surface area contributed by atoms with Gasteiger partial charge >= 0.3 is 0 Å². The summed E-state index contributed by atoms with van der Waals surface area (Å²) in [5.74, 6) is -0.159. The molecule has 0 aromatic carbocycles. The first kappa shape index (κ1) is 12.6. The average Bonchev–Trinajstić information content (AvgIpc) is 2.76. The Morgan fingerprint density at radius 2 is 2.24 bits per heavy atom. The Morgan fingerprint density at radius 3 is 2.82 bits per heavy atom. The van der Waals surface area contributed by atoms with Crippen LogP contribution in [0.15, 0.2) is 24.3 Å². The third-order valence-electron chi connectivity index (χ3n) is 4.44. The van der Waals surface area contributed by atoms with Gasteiger partial charge in [0.15, 0.2) is 5.78 Å². The molecule has 0 bridgehead atoms. The summed E-state index contributed by atoms with van der Waals surface area (Å²) in [6, 6.07) is 0. The monoisotopic (exact) mass is 234 g/mol. The van der Waals surface area contributed by atoms with Crippen LogP contribution in [0.2, 0.25) is 0 Å². The van der Waals surface area contributed by atoms with E-state index in [1.54, 1.807) is 0 Å². The molecule has 0 radical (unpaired) electrons. The molecule has 0 saturated heterocycles. The lowest BCUT2D eigenvalue weighted by atomic mass is 9.63. The Balaban J connectivity index is 2.29. The Bertz CT molecular complexity index is 348. The van der Waals surface area contributed by atoms with Crippen molar-refractivity contribution in [2.24, 2.45) is 11.3 Å². The largest absolute Gasteiger partial charge is 0.385 e. The maximum absolute atomic E-state index is 12.4. The van der Waals surface area contributed by atoms with Crippen LogP contribution in [0, 0.1) is 11.3 Å². The topological polar surface area (TPSA) is 37.3 Å². The molecule has 0 aliphatic heterocycles. The zero-order chi connectivity index (χ0) is 12.5. The minimum atomic E-state index is -0.819. The number of aliphatic hydroxyl groups excluding tert-OH is 1. The molecular weight excluding hydrogens is 212 g/mol. The molecule has 1 saturated carbocycles. The molecular formula is C15H22O2.